The summed E-state index contributed by atoms with van der Waals surface area (Å²) in [7, 11) is 1.76. The van der Waals surface area contributed by atoms with E-state index >= 15 is 0 Å². The number of pyridine rings is 1. The lowest BCUT2D eigenvalue weighted by Gasteiger charge is -2.32. The second-order valence-electron chi connectivity index (χ2n) is 10.8. The number of piperidine rings is 1. The molecular weight excluding hydrogens is 512 g/mol. The van der Waals surface area contributed by atoms with E-state index in [1.165, 1.54) is 5.56 Å². The fraction of sp³-hybridized carbons (Fsp3) is 0.333. The highest BCUT2D eigenvalue weighted by molar-refractivity contribution is 6.22. The second kappa shape index (κ2) is 13.3. The monoisotopic (exact) mass is 552 g/mol. The van der Waals surface area contributed by atoms with Crippen molar-refractivity contribution in [2.75, 3.05) is 30.8 Å². The molecule has 8 heteroatoms. The first-order valence-electron chi connectivity index (χ1n) is 14.1. The van der Waals surface area contributed by atoms with E-state index in [9.17, 15) is 9.59 Å². The Labute approximate surface area is 242 Å². The van der Waals surface area contributed by atoms with Gasteiger partial charge in [-0.1, -0.05) is 30.3 Å². The SMILES string of the molecule is CN=C(C)C(=CN)c1ccc(C2CCN(C(=O)c3ccc(C)c(NC(=O)c4ccc(NC(C)C)nc4)c3)CC2)cc1. The van der Waals surface area contributed by atoms with Gasteiger partial charge in [0.2, 0.25) is 0 Å². The van der Waals surface area contributed by atoms with E-state index in [1.807, 2.05) is 44.7 Å². The number of aliphatic imine (C=N–C) groups is 1. The Hall–Kier alpha value is -4.46. The smallest absolute Gasteiger partial charge is 0.257 e. The number of likely N-dealkylation sites (tertiary alicyclic amines) is 1. The van der Waals surface area contributed by atoms with Crippen LogP contribution in [0, 0.1) is 6.92 Å². The molecule has 0 aliphatic carbocycles. The summed E-state index contributed by atoms with van der Waals surface area (Å²) in [5.74, 6) is 0.824. The molecule has 1 aromatic heterocycles. The second-order valence-corrected chi connectivity index (χ2v) is 10.8. The molecule has 2 aromatic carbocycles. The molecule has 1 aliphatic heterocycles. The Morgan fingerprint density at radius 1 is 1.02 bits per heavy atom. The number of nitrogens with zero attached hydrogens (tertiary/aromatic N) is 3. The van der Waals surface area contributed by atoms with E-state index in [1.54, 1.807) is 37.6 Å². The molecule has 3 aromatic rings. The van der Waals surface area contributed by atoms with Gasteiger partial charge in [-0.25, -0.2) is 4.98 Å². The third-order valence-corrected chi connectivity index (χ3v) is 7.56. The van der Waals surface area contributed by atoms with E-state index < -0.39 is 0 Å². The van der Waals surface area contributed by atoms with E-state index in [-0.39, 0.29) is 17.9 Å². The van der Waals surface area contributed by atoms with Crippen molar-refractivity contribution in [3.05, 3.63) is 94.8 Å². The fourth-order valence-electron chi connectivity index (χ4n) is 5.07. The molecule has 2 heterocycles. The normalized spacial score (nSPS) is 14.7. The standard InChI is InChI=1S/C33H40N6O2/c1-21(2)37-31-13-12-28(20-36-31)32(40)38-30-18-27(7-6-22(30)3)33(41)39-16-14-25(15-17-39)24-8-10-26(11-9-24)29(19-34)23(4)35-5/h6-13,18-21,25H,14-17,34H2,1-5H3,(H,36,37)(H,38,40). The van der Waals surface area contributed by atoms with Gasteiger partial charge >= 0.3 is 0 Å². The molecular formula is C33H40N6O2. The van der Waals surface area contributed by atoms with Crippen molar-refractivity contribution in [1.29, 1.82) is 0 Å². The van der Waals surface area contributed by atoms with Gasteiger partial charge in [0.25, 0.3) is 11.8 Å². The van der Waals surface area contributed by atoms with Crippen LogP contribution in [0.2, 0.25) is 0 Å². The maximum atomic E-state index is 13.4. The number of rotatable bonds is 8. The summed E-state index contributed by atoms with van der Waals surface area (Å²) < 4.78 is 0. The molecule has 0 bridgehead atoms. The molecule has 0 unspecified atom stereocenters. The lowest BCUT2D eigenvalue weighted by atomic mass is 9.88. The Morgan fingerprint density at radius 2 is 1.68 bits per heavy atom. The largest absolute Gasteiger partial charge is 0.404 e. The lowest BCUT2D eigenvalue weighted by molar-refractivity contribution is 0.0712. The third kappa shape index (κ3) is 7.20. The van der Waals surface area contributed by atoms with Crippen LogP contribution in [0.3, 0.4) is 0 Å². The molecule has 214 valence electrons. The van der Waals surface area contributed by atoms with Gasteiger partial charge in [-0.15, -0.1) is 0 Å². The first-order chi connectivity index (χ1) is 19.7. The van der Waals surface area contributed by atoms with Gasteiger partial charge in [-0.05, 0) is 87.4 Å². The van der Waals surface area contributed by atoms with Crippen LogP contribution in [0.15, 0.2) is 72.0 Å². The summed E-state index contributed by atoms with van der Waals surface area (Å²) in [6, 6.07) is 17.7. The molecule has 4 N–H and O–H groups in total. The van der Waals surface area contributed by atoms with Gasteiger partial charge in [-0.2, -0.15) is 0 Å². The van der Waals surface area contributed by atoms with Crippen LogP contribution < -0.4 is 16.4 Å². The Morgan fingerprint density at radius 3 is 2.27 bits per heavy atom. The van der Waals surface area contributed by atoms with Gasteiger partial charge in [0, 0.05) is 61.1 Å². The number of nitrogens with one attached hydrogen (secondary N) is 2. The van der Waals surface area contributed by atoms with Crippen molar-refractivity contribution in [1.82, 2.24) is 9.88 Å². The van der Waals surface area contributed by atoms with Gasteiger partial charge < -0.3 is 21.3 Å². The zero-order chi connectivity index (χ0) is 29.5. The molecule has 41 heavy (non-hydrogen) atoms. The number of benzene rings is 2. The minimum absolute atomic E-state index is 0.0212. The molecule has 1 saturated heterocycles. The predicted octanol–water partition coefficient (Wildman–Crippen LogP) is 5.87. The first kappa shape index (κ1) is 29.5. The maximum Gasteiger partial charge on any atom is 0.257 e. The van der Waals surface area contributed by atoms with Crippen molar-refractivity contribution in [3.8, 4) is 0 Å². The third-order valence-electron chi connectivity index (χ3n) is 7.56. The van der Waals surface area contributed by atoms with Crippen LogP contribution in [0.25, 0.3) is 5.57 Å². The number of allylic oxidation sites excluding steroid dienone is 1. The number of anilines is 2. The number of amides is 2. The van der Waals surface area contributed by atoms with Crippen LogP contribution in [0.1, 0.15) is 76.9 Å². The molecule has 1 fully saturated rings. The molecule has 8 nitrogen and oxygen atoms in total. The molecule has 0 spiro atoms. The number of hydrogen-bond acceptors (Lipinski definition) is 6. The number of aryl methyl sites for hydroxylation is 1. The number of aromatic nitrogens is 1. The average molecular weight is 553 g/mol. The van der Waals surface area contributed by atoms with Crippen molar-refractivity contribution >= 4 is 34.6 Å². The molecule has 4 rings (SSSR count). The van der Waals surface area contributed by atoms with Crippen molar-refractivity contribution in [2.45, 2.75) is 52.5 Å². The van der Waals surface area contributed by atoms with Gasteiger partial charge in [0.15, 0.2) is 0 Å². The number of carbonyl (C=O) groups excluding carboxylic acids is 2. The van der Waals surface area contributed by atoms with E-state index in [0.29, 0.717) is 35.8 Å². The topological polar surface area (TPSA) is 113 Å². The van der Waals surface area contributed by atoms with Gasteiger partial charge in [0.1, 0.15) is 5.82 Å². The highest BCUT2D eigenvalue weighted by atomic mass is 16.2. The van der Waals surface area contributed by atoms with E-state index in [2.05, 4.69) is 44.9 Å². The Bertz CT molecular complexity index is 1430. The van der Waals surface area contributed by atoms with Crippen LogP contribution in [-0.4, -0.2) is 53.6 Å². The summed E-state index contributed by atoms with van der Waals surface area (Å²) in [6.07, 6.45) is 4.94. The first-order valence-corrected chi connectivity index (χ1v) is 14.1. The van der Waals surface area contributed by atoms with Crippen LogP contribution in [-0.2, 0) is 0 Å². The predicted molar refractivity (Wildman–Crippen MR) is 168 cm³/mol. The fourth-order valence-corrected chi connectivity index (χ4v) is 5.07. The molecule has 2 amide bonds. The zero-order valence-corrected chi connectivity index (χ0v) is 24.6. The molecule has 0 radical (unpaired) electrons. The van der Waals surface area contributed by atoms with Crippen LogP contribution in [0.5, 0.6) is 0 Å². The average Bonchev–Trinajstić information content (AvgIpc) is 2.98. The maximum absolute atomic E-state index is 13.4. The summed E-state index contributed by atoms with van der Waals surface area (Å²) in [4.78, 5) is 36.8. The highest BCUT2D eigenvalue weighted by Crippen LogP contribution is 2.30. The molecule has 1 aliphatic rings. The number of hydrogen-bond donors (Lipinski definition) is 3. The lowest BCUT2D eigenvalue weighted by Crippen LogP contribution is -2.38. The summed E-state index contributed by atoms with van der Waals surface area (Å²) in [5, 5.41) is 6.16. The summed E-state index contributed by atoms with van der Waals surface area (Å²) >= 11 is 0. The molecule has 0 saturated carbocycles. The Kier molecular flexibility index (Phi) is 9.55. The molecule has 0 atom stereocenters. The van der Waals surface area contributed by atoms with Crippen molar-refractivity contribution < 1.29 is 9.59 Å². The van der Waals surface area contributed by atoms with Crippen molar-refractivity contribution in [2.24, 2.45) is 10.7 Å². The number of nitrogens with two attached hydrogens (primary N) is 1. The minimum atomic E-state index is -0.264. The van der Waals surface area contributed by atoms with Gasteiger partial charge in [-0.3, -0.25) is 14.6 Å². The Balaban J connectivity index is 1.38. The van der Waals surface area contributed by atoms with E-state index in [4.69, 9.17) is 5.73 Å². The van der Waals surface area contributed by atoms with Crippen molar-refractivity contribution in [3.63, 3.8) is 0 Å². The zero-order valence-electron chi connectivity index (χ0n) is 24.6. The summed E-state index contributed by atoms with van der Waals surface area (Å²) in [5.41, 5.74) is 12.5. The minimum Gasteiger partial charge on any atom is -0.404 e. The van der Waals surface area contributed by atoms with E-state index in [0.717, 1.165) is 41.1 Å². The quantitative estimate of drug-likeness (QED) is 0.303. The van der Waals surface area contributed by atoms with Crippen LogP contribution in [0.4, 0.5) is 11.5 Å². The number of carbonyl (C=O) groups is 2. The highest BCUT2D eigenvalue weighted by Gasteiger charge is 2.25. The summed E-state index contributed by atoms with van der Waals surface area (Å²) in [6.45, 7) is 9.28. The van der Waals surface area contributed by atoms with Crippen LogP contribution >= 0.6 is 0 Å². The van der Waals surface area contributed by atoms with Gasteiger partial charge in [0.05, 0.1) is 5.56 Å².